The van der Waals surface area contributed by atoms with E-state index in [9.17, 15) is 16.8 Å². The number of anilines is 3. The van der Waals surface area contributed by atoms with Crippen molar-refractivity contribution in [2.75, 3.05) is 61.2 Å². The molecule has 0 aromatic carbocycles. The van der Waals surface area contributed by atoms with Crippen LogP contribution in [-0.4, -0.2) is 118 Å². The second-order valence-corrected chi connectivity index (χ2v) is 17.2. The smallest absolute Gasteiger partial charge is 0.211 e. The molecule has 4 N–H and O–H groups in total. The van der Waals surface area contributed by atoms with Crippen molar-refractivity contribution in [3.8, 4) is 22.5 Å². The molecule has 0 saturated carbocycles. The average Bonchev–Trinajstić information content (AvgIpc) is 3.81. The van der Waals surface area contributed by atoms with Gasteiger partial charge in [-0.05, 0) is 56.0 Å². The number of piperidine rings is 2. The zero-order chi connectivity index (χ0) is 36.3. The highest BCUT2D eigenvalue weighted by Gasteiger charge is 2.28. The van der Waals surface area contributed by atoms with Crippen molar-refractivity contribution in [1.82, 2.24) is 43.5 Å². The first-order chi connectivity index (χ1) is 25.0. The Bertz CT molecular complexity index is 2270. The van der Waals surface area contributed by atoms with Gasteiger partial charge in [-0.15, -0.1) is 0 Å². The van der Waals surface area contributed by atoms with E-state index in [1.54, 1.807) is 31.0 Å². The molecule has 2 saturated heterocycles. The lowest BCUT2D eigenvalue weighted by Gasteiger charge is -2.32. The number of sulfonamides is 2. The number of aromatic nitrogens is 7. The summed E-state index contributed by atoms with van der Waals surface area (Å²) < 4.78 is 50.4. The van der Waals surface area contributed by atoms with Gasteiger partial charge in [0.05, 0.1) is 42.0 Å². The summed E-state index contributed by atoms with van der Waals surface area (Å²) in [7, 11) is -6.36. The largest absolute Gasteiger partial charge is 0.368 e. The first-order valence-corrected chi connectivity index (χ1v) is 20.9. The molecule has 0 spiro atoms. The summed E-state index contributed by atoms with van der Waals surface area (Å²) >= 11 is 0. The van der Waals surface area contributed by atoms with Gasteiger partial charge in [0.1, 0.15) is 23.0 Å². The van der Waals surface area contributed by atoms with E-state index in [0.29, 0.717) is 37.8 Å². The fraction of sp³-hybridized carbons (Fsp3) is 0.412. The summed E-state index contributed by atoms with van der Waals surface area (Å²) in [6, 6.07) is 9.54. The third-order valence-electron chi connectivity index (χ3n) is 9.31. The van der Waals surface area contributed by atoms with Crippen molar-refractivity contribution in [2.45, 2.75) is 44.2 Å². The van der Waals surface area contributed by atoms with Gasteiger partial charge in [0.25, 0.3) is 0 Å². The molecule has 0 bridgehead atoms. The molecule has 3 aliphatic rings. The van der Waals surface area contributed by atoms with Gasteiger partial charge >= 0.3 is 0 Å². The molecule has 2 unspecified atom stereocenters. The molecular formula is C34H42N12O4S2. The van der Waals surface area contributed by atoms with Crippen LogP contribution in [0.25, 0.3) is 33.7 Å². The van der Waals surface area contributed by atoms with Crippen LogP contribution in [0.15, 0.2) is 61.3 Å². The maximum absolute atomic E-state index is 11.8. The van der Waals surface area contributed by atoms with E-state index >= 15 is 0 Å². The number of hydrogen-bond acceptors (Lipinski definition) is 13. The summed E-state index contributed by atoms with van der Waals surface area (Å²) in [6.45, 7) is 2.91. The molecular weight excluding hydrogens is 705 g/mol. The van der Waals surface area contributed by atoms with Crippen LogP contribution < -0.4 is 16.0 Å². The Balaban J connectivity index is 0.000000162. The third kappa shape index (κ3) is 8.30. The number of aromatic amines is 1. The van der Waals surface area contributed by atoms with E-state index in [1.165, 1.54) is 21.1 Å². The van der Waals surface area contributed by atoms with E-state index in [1.807, 2.05) is 30.3 Å². The van der Waals surface area contributed by atoms with Gasteiger partial charge < -0.3 is 20.9 Å². The third-order valence-corrected chi connectivity index (χ3v) is 11.9. The van der Waals surface area contributed by atoms with Crippen LogP contribution in [0.2, 0.25) is 0 Å². The fourth-order valence-corrected chi connectivity index (χ4v) is 8.53. The van der Waals surface area contributed by atoms with Gasteiger partial charge in [-0.25, -0.2) is 55.3 Å². The zero-order valence-corrected chi connectivity index (χ0v) is 30.7. The van der Waals surface area contributed by atoms with Crippen LogP contribution in [0.1, 0.15) is 31.4 Å². The van der Waals surface area contributed by atoms with Crippen LogP contribution in [-0.2, 0) is 26.5 Å². The minimum Gasteiger partial charge on any atom is -0.368 e. The predicted molar refractivity (Wildman–Crippen MR) is 201 cm³/mol. The number of fused-ring (bicyclic) bond motifs is 2. The Labute approximate surface area is 303 Å². The monoisotopic (exact) mass is 746 g/mol. The SMILES string of the molecule is CS(=O)(=O)N1CCCC(Nc2ncccc2-c2cnc3[nH]ccc3n2)C1.CS(=O)(=O)N1CCCC(Nc2ncccc2-c2cnc3c(n2)CCN3)C1. The lowest BCUT2D eigenvalue weighted by atomic mass is 10.1. The molecule has 5 aromatic rings. The molecule has 8 heterocycles. The van der Waals surface area contributed by atoms with E-state index < -0.39 is 20.0 Å². The quantitative estimate of drug-likeness (QED) is 0.180. The molecule has 0 amide bonds. The van der Waals surface area contributed by atoms with Gasteiger partial charge in [0, 0.05) is 80.9 Å². The summed E-state index contributed by atoms with van der Waals surface area (Å²) in [6.07, 6.45) is 15.5. The summed E-state index contributed by atoms with van der Waals surface area (Å²) in [5.74, 6) is 2.26. The average molecular weight is 747 g/mol. The van der Waals surface area contributed by atoms with E-state index in [2.05, 4.69) is 45.9 Å². The van der Waals surface area contributed by atoms with Crippen LogP contribution in [0.5, 0.6) is 0 Å². The molecule has 16 nitrogen and oxygen atoms in total. The van der Waals surface area contributed by atoms with Gasteiger partial charge in [0.2, 0.25) is 20.0 Å². The molecule has 5 aromatic heterocycles. The molecule has 274 valence electrons. The number of hydrogen-bond donors (Lipinski definition) is 4. The van der Waals surface area contributed by atoms with Crippen molar-refractivity contribution in [3.63, 3.8) is 0 Å². The second-order valence-electron chi connectivity index (χ2n) is 13.2. The van der Waals surface area contributed by atoms with Gasteiger partial charge in [-0.1, -0.05) is 0 Å². The molecule has 8 rings (SSSR count). The van der Waals surface area contributed by atoms with Gasteiger partial charge in [-0.2, -0.15) is 0 Å². The minimum atomic E-state index is -3.18. The number of H-pyrrole nitrogens is 1. The highest BCUT2D eigenvalue weighted by atomic mass is 32.2. The van der Waals surface area contributed by atoms with Crippen LogP contribution in [0.4, 0.5) is 17.5 Å². The normalized spacial score (nSPS) is 19.7. The fourth-order valence-electron chi connectivity index (χ4n) is 6.70. The molecule has 18 heteroatoms. The maximum atomic E-state index is 11.8. The van der Waals surface area contributed by atoms with Crippen LogP contribution >= 0.6 is 0 Å². The van der Waals surface area contributed by atoms with E-state index in [-0.39, 0.29) is 12.1 Å². The van der Waals surface area contributed by atoms with Gasteiger partial charge in [0.15, 0.2) is 5.65 Å². The Hall–Kier alpha value is -4.78. The first-order valence-electron chi connectivity index (χ1n) is 17.3. The summed E-state index contributed by atoms with van der Waals surface area (Å²) in [4.78, 5) is 30.1. The Morgan fingerprint density at radius 2 is 1.33 bits per heavy atom. The second kappa shape index (κ2) is 15.1. The molecule has 52 heavy (non-hydrogen) atoms. The number of pyridine rings is 2. The minimum absolute atomic E-state index is 0.0103. The lowest BCUT2D eigenvalue weighted by molar-refractivity contribution is 0.329. The van der Waals surface area contributed by atoms with Crippen molar-refractivity contribution >= 4 is 48.7 Å². The van der Waals surface area contributed by atoms with E-state index in [0.717, 1.165) is 83.8 Å². The van der Waals surface area contributed by atoms with E-state index in [4.69, 9.17) is 4.98 Å². The lowest BCUT2D eigenvalue weighted by Crippen LogP contribution is -2.44. The van der Waals surface area contributed by atoms with Crippen molar-refractivity contribution < 1.29 is 16.8 Å². The number of nitrogens with one attached hydrogen (secondary N) is 4. The van der Waals surface area contributed by atoms with Crippen LogP contribution in [0, 0.1) is 0 Å². The number of nitrogens with zero attached hydrogens (tertiary/aromatic N) is 8. The predicted octanol–water partition coefficient (Wildman–Crippen LogP) is 3.20. The molecule has 2 fully saturated rings. The zero-order valence-electron chi connectivity index (χ0n) is 29.0. The van der Waals surface area contributed by atoms with Gasteiger partial charge in [-0.3, -0.25) is 0 Å². The molecule has 0 aliphatic carbocycles. The topological polar surface area (TPSA) is 204 Å². The Kier molecular flexibility index (Phi) is 10.3. The van der Waals surface area contributed by atoms with Crippen molar-refractivity contribution in [1.29, 1.82) is 0 Å². The highest BCUT2D eigenvalue weighted by molar-refractivity contribution is 7.88. The number of rotatable bonds is 8. The summed E-state index contributed by atoms with van der Waals surface area (Å²) in [5, 5.41) is 10.0. The first kappa shape index (κ1) is 35.6. The van der Waals surface area contributed by atoms with Crippen molar-refractivity contribution in [2.24, 2.45) is 0 Å². The Morgan fingerprint density at radius 3 is 1.92 bits per heavy atom. The Morgan fingerprint density at radius 1 is 0.750 bits per heavy atom. The van der Waals surface area contributed by atoms with Crippen molar-refractivity contribution in [3.05, 3.63) is 67.0 Å². The maximum Gasteiger partial charge on any atom is 0.211 e. The standard InChI is InChI=1S/C17H22N6O2S.C17H20N6O2S/c2*1-26(24,25)23-9-3-4-12(11-23)21-16-13(5-2-7-18-16)15-10-20-17-14(22-15)6-8-19-17/h2,5,7,10,12H,3-4,6,8-9,11H2,1H3,(H,18,21)(H,19,20);2,5-8,10,12H,3-4,9,11H2,1H3,(H,18,21)(H,19,20). The van der Waals surface area contributed by atoms with Crippen LogP contribution in [0.3, 0.4) is 0 Å². The highest BCUT2D eigenvalue weighted by Crippen LogP contribution is 2.29. The summed E-state index contributed by atoms with van der Waals surface area (Å²) in [5.41, 5.74) is 5.73. The molecule has 0 radical (unpaired) electrons. The molecule has 3 aliphatic heterocycles. The molecule has 2 atom stereocenters.